The number of piperidine rings is 1. The van der Waals surface area contributed by atoms with Gasteiger partial charge in [0.2, 0.25) is 15.9 Å². The molecule has 0 bridgehead atoms. The van der Waals surface area contributed by atoms with E-state index in [-0.39, 0.29) is 29.4 Å². The maximum Gasteiger partial charge on any atom is 0.319 e. The van der Waals surface area contributed by atoms with E-state index in [4.69, 9.17) is 10.9 Å². The maximum atomic E-state index is 12.0. The smallest absolute Gasteiger partial charge is 0.319 e. The number of hydrogen-bond acceptors (Lipinski definition) is 5. The second kappa shape index (κ2) is 7.60. The van der Waals surface area contributed by atoms with E-state index in [9.17, 15) is 18.0 Å². The molecule has 24 heavy (non-hydrogen) atoms. The molecule has 9 nitrogen and oxygen atoms in total. The van der Waals surface area contributed by atoms with Crippen molar-refractivity contribution in [3.05, 3.63) is 24.3 Å². The van der Waals surface area contributed by atoms with Crippen LogP contribution in [0.2, 0.25) is 0 Å². The number of hydrogen-bond donors (Lipinski definition) is 4. The van der Waals surface area contributed by atoms with E-state index in [1.54, 1.807) is 0 Å². The third-order valence-corrected chi connectivity index (χ3v) is 4.67. The zero-order chi connectivity index (χ0) is 17.7. The monoisotopic (exact) mass is 355 g/mol. The van der Waals surface area contributed by atoms with E-state index in [2.05, 4.69) is 10.6 Å². The summed E-state index contributed by atoms with van der Waals surface area (Å²) in [5.41, 5.74) is 5.62. The van der Waals surface area contributed by atoms with Crippen LogP contribution in [0, 0.1) is 0 Å². The van der Waals surface area contributed by atoms with Crippen LogP contribution in [-0.2, 0) is 14.8 Å². The van der Waals surface area contributed by atoms with Crippen molar-refractivity contribution in [3.63, 3.8) is 0 Å². The molecule has 0 aliphatic carbocycles. The predicted octanol–water partition coefficient (Wildman–Crippen LogP) is -0.595. The molecule has 10 heteroatoms. The number of benzene rings is 1. The van der Waals surface area contributed by atoms with Gasteiger partial charge in [-0.05, 0) is 37.1 Å². The van der Waals surface area contributed by atoms with E-state index in [0.717, 1.165) is 12.8 Å². The number of nitrogens with zero attached hydrogens (tertiary/aromatic N) is 1. The molecule has 3 amide bonds. The van der Waals surface area contributed by atoms with E-state index in [1.165, 1.54) is 24.3 Å². The molecule has 0 aromatic heterocycles. The first-order chi connectivity index (χ1) is 11.2. The minimum Gasteiger partial charge on any atom is -0.369 e. The molecule has 0 saturated carbocycles. The molecule has 1 aliphatic rings. The number of carbonyl (C=O) groups excluding carboxylic acids is 2. The number of carbonyl (C=O) groups is 2. The number of urea groups is 1. The number of nitrogens with two attached hydrogens (primary N) is 2. The quantitative estimate of drug-likeness (QED) is 0.557. The van der Waals surface area contributed by atoms with Crippen molar-refractivity contribution in [1.29, 1.82) is 0 Å². The molecular weight excluding hydrogens is 334 g/mol. The Bertz CT molecular complexity index is 696. The van der Waals surface area contributed by atoms with E-state index >= 15 is 0 Å². The second-order valence-electron chi connectivity index (χ2n) is 5.68. The first-order valence-electron chi connectivity index (χ1n) is 7.45. The van der Waals surface area contributed by atoms with Crippen molar-refractivity contribution < 1.29 is 18.0 Å². The first kappa shape index (κ1) is 18.2. The molecule has 1 heterocycles. The Morgan fingerprint density at radius 1 is 1.17 bits per heavy atom. The summed E-state index contributed by atoms with van der Waals surface area (Å²) < 4.78 is 22.3. The highest BCUT2D eigenvalue weighted by Gasteiger charge is 2.21. The van der Waals surface area contributed by atoms with Crippen molar-refractivity contribution >= 4 is 27.6 Å². The number of sulfonamides is 1. The Hall–Kier alpha value is -2.17. The highest BCUT2D eigenvalue weighted by Crippen LogP contribution is 2.13. The van der Waals surface area contributed by atoms with Crippen LogP contribution in [0.3, 0.4) is 0 Å². The van der Waals surface area contributed by atoms with Crippen LogP contribution in [0.1, 0.15) is 12.8 Å². The van der Waals surface area contributed by atoms with Gasteiger partial charge in [0, 0.05) is 24.8 Å². The zero-order valence-corrected chi connectivity index (χ0v) is 13.9. The summed E-state index contributed by atoms with van der Waals surface area (Å²) in [5.74, 6) is -0.359. The lowest BCUT2D eigenvalue weighted by Gasteiger charge is -2.31. The number of anilines is 1. The largest absolute Gasteiger partial charge is 0.369 e. The fourth-order valence-electron chi connectivity index (χ4n) is 2.54. The summed E-state index contributed by atoms with van der Waals surface area (Å²) in [5, 5.41) is 10.5. The number of primary sulfonamides is 1. The first-order valence-corrected chi connectivity index (χ1v) is 9.00. The lowest BCUT2D eigenvalue weighted by atomic mass is 10.1. The Kier molecular flexibility index (Phi) is 5.75. The van der Waals surface area contributed by atoms with Crippen LogP contribution in [0.25, 0.3) is 0 Å². The molecule has 1 aromatic rings. The highest BCUT2D eigenvalue weighted by atomic mass is 32.2. The lowest BCUT2D eigenvalue weighted by Crippen LogP contribution is -2.47. The minimum atomic E-state index is -3.75. The van der Waals surface area contributed by atoms with Crippen LogP contribution in [0.5, 0.6) is 0 Å². The Labute approximate surface area is 140 Å². The fourth-order valence-corrected chi connectivity index (χ4v) is 3.05. The van der Waals surface area contributed by atoms with Crippen molar-refractivity contribution in [2.45, 2.75) is 23.8 Å². The van der Waals surface area contributed by atoms with Crippen molar-refractivity contribution in [3.8, 4) is 0 Å². The molecule has 0 radical (unpaired) electrons. The summed E-state index contributed by atoms with van der Waals surface area (Å²) in [7, 11) is -3.75. The molecule has 1 aromatic carbocycles. The number of nitrogens with one attached hydrogen (secondary N) is 2. The third-order valence-electron chi connectivity index (χ3n) is 3.74. The fraction of sp³-hybridized carbons (Fsp3) is 0.429. The lowest BCUT2D eigenvalue weighted by molar-refractivity contribution is -0.119. The average molecular weight is 355 g/mol. The molecular formula is C14H21N5O4S. The van der Waals surface area contributed by atoms with Gasteiger partial charge in [-0.3, -0.25) is 9.69 Å². The number of primary amides is 1. The van der Waals surface area contributed by atoms with Crippen LogP contribution < -0.4 is 21.5 Å². The maximum absolute atomic E-state index is 12.0. The van der Waals surface area contributed by atoms with E-state index < -0.39 is 10.0 Å². The van der Waals surface area contributed by atoms with E-state index in [0.29, 0.717) is 18.8 Å². The van der Waals surface area contributed by atoms with Gasteiger partial charge < -0.3 is 16.4 Å². The van der Waals surface area contributed by atoms with Crippen molar-refractivity contribution in [2.24, 2.45) is 10.9 Å². The van der Waals surface area contributed by atoms with Gasteiger partial charge in [-0.15, -0.1) is 0 Å². The van der Waals surface area contributed by atoms with Gasteiger partial charge in [0.15, 0.2) is 0 Å². The Morgan fingerprint density at radius 2 is 1.75 bits per heavy atom. The van der Waals surface area contributed by atoms with Gasteiger partial charge in [-0.2, -0.15) is 0 Å². The van der Waals surface area contributed by atoms with Crippen molar-refractivity contribution in [1.82, 2.24) is 10.2 Å². The number of likely N-dealkylation sites (tertiary alicyclic amines) is 1. The topological polar surface area (TPSA) is 148 Å². The summed E-state index contributed by atoms with van der Waals surface area (Å²) in [6.07, 6.45) is 1.45. The third kappa shape index (κ3) is 5.48. The molecule has 0 spiro atoms. The summed E-state index contributed by atoms with van der Waals surface area (Å²) in [4.78, 5) is 24.8. The molecule has 0 unspecified atom stereocenters. The van der Waals surface area contributed by atoms with Gasteiger partial charge in [-0.1, -0.05) is 0 Å². The number of rotatable bonds is 5. The molecule has 1 saturated heterocycles. The van der Waals surface area contributed by atoms with Gasteiger partial charge in [0.1, 0.15) is 0 Å². The summed E-state index contributed by atoms with van der Waals surface area (Å²) in [6.45, 7) is 1.61. The van der Waals surface area contributed by atoms with Crippen LogP contribution in [0.4, 0.5) is 10.5 Å². The average Bonchev–Trinajstić information content (AvgIpc) is 2.48. The highest BCUT2D eigenvalue weighted by molar-refractivity contribution is 7.89. The summed E-state index contributed by atoms with van der Waals surface area (Å²) in [6, 6.07) is 5.23. The van der Waals surface area contributed by atoms with Gasteiger partial charge in [0.05, 0.1) is 11.4 Å². The standard InChI is InChI=1S/C14H21N5O4S/c15-13(20)9-19-7-5-11(6-8-19)18-14(21)17-10-1-3-12(4-2-10)24(16,22)23/h1-4,11H,5-9H2,(H2,15,20)(H2,16,22,23)(H2,17,18,21). The normalized spacial score (nSPS) is 16.5. The van der Waals surface area contributed by atoms with Gasteiger partial charge >= 0.3 is 6.03 Å². The van der Waals surface area contributed by atoms with Crippen LogP contribution >= 0.6 is 0 Å². The molecule has 1 fully saturated rings. The van der Waals surface area contributed by atoms with E-state index in [1.807, 2.05) is 4.90 Å². The second-order valence-corrected chi connectivity index (χ2v) is 7.25. The van der Waals surface area contributed by atoms with Crippen molar-refractivity contribution in [2.75, 3.05) is 25.0 Å². The van der Waals surface area contributed by atoms with Crippen LogP contribution in [-0.4, -0.2) is 50.9 Å². The molecule has 2 rings (SSSR count). The minimum absolute atomic E-state index is 0.0119. The molecule has 0 atom stereocenters. The molecule has 1 aliphatic heterocycles. The van der Waals surface area contributed by atoms with Crippen LogP contribution in [0.15, 0.2) is 29.2 Å². The van der Waals surface area contributed by atoms with Gasteiger partial charge in [0.25, 0.3) is 0 Å². The number of amides is 3. The zero-order valence-electron chi connectivity index (χ0n) is 13.1. The predicted molar refractivity (Wildman–Crippen MR) is 88.6 cm³/mol. The SMILES string of the molecule is NC(=O)CN1CCC(NC(=O)Nc2ccc(S(N)(=O)=O)cc2)CC1. The van der Waals surface area contributed by atoms with Gasteiger partial charge in [-0.25, -0.2) is 18.4 Å². The molecule has 6 N–H and O–H groups in total. The molecule has 132 valence electrons. The Balaban J connectivity index is 1.81. The summed E-state index contributed by atoms with van der Waals surface area (Å²) >= 11 is 0. The Morgan fingerprint density at radius 3 is 2.25 bits per heavy atom.